The van der Waals surface area contributed by atoms with Crippen LogP contribution in [-0.4, -0.2) is 75.5 Å². The van der Waals surface area contributed by atoms with E-state index in [-0.39, 0.29) is 55.5 Å². The number of carbonyl (C=O) groups excluding carboxylic acids is 3. The normalized spacial score (nSPS) is 13.7. The summed E-state index contributed by atoms with van der Waals surface area (Å²) in [5.41, 5.74) is 0. The van der Waals surface area contributed by atoms with Crippen LogP contribution in [-0.2, 0) is 28.6 Å². The van der Waals surface area contributed by atoms with Crippen LogP contribution in [0.4, 0.5) is 0 Å². The van der Waals surface area contributed by atoms with Gasteiger partial charge in [0.2, 0.25) is 0 Å². The van der Waals surface area contributed by atoms with Crippen molar-refractivity contribution in [3.8, 4) is 0 Å². The molecule has 0 aromatic heterocycles. The molecule has 0 bridgehead atoms. The molecule has 8 nitrogen and oxygen atoms in total. The number of likely N-dealkylation sites (N-methyl/N-ethyl adjacent to an activating group) is 1. The van der Waals surface area contributed by atoms with E-state index in [2.05, 4.69) is 111 Å². The summed E-state index contributed by atoms with van der Waals surface area (Å²) in [6, 6.07) is -0.742. The van der Waals surface area contributed by atoms with Crippen molar-refractivity contribution in [2.75, 3.05) is 41.0 Å². The number of carbonyl (C=O) groups is 3. The van der Waals surface area contributed by atoms with Gasteiger partial charge < -0.3 is 28.6 Å². The molecule has 0 aromatic rings. The van der Waals surface area contributed by atoms with E-state index in [1.807, 2.05) is 0 Å². The highest BCUT2D eigenvalue weighted by Crippen LogP contribution is 2.13. The number of quaternary nitrogens is 1. The fourth-order valence-electron chi connectivity index (χ4n) is 6.65. The van der Waals surface area contributed by atoms with Gasteiger partial charge in [-0.1, -0.05) is 169 Å². The van der Waals surface area contributed by atoms with E-state index in [0.717, 1.165) is 96.3 Å². The number of hydrogen-bond acceptors (Lipinski definition) is 7. The highest BCUT2D eigenvalue weighted by Gasteiger charge is 2.25. The summed E-state index contributed by atoms with van der Waals surface area (Å²) in [5, 5.41) is 11.7. The Labute approximate surface area is 386 Å². The standard InChI is InChI=1S/C55H91NO7/c1-6-8-10-12-14-16-18-20-22-24-26-27-28-30-31-33-35-37-39-41-43-45-53(57)62-50-51(49-61-48-47-52(55(59)60)56(3,4)5)63-54(58)46-44-42-40-38-36-34-32-29-25-23-21-19-17-15-13-11-9-7-2/h8,10,14,16,20,22-23,25-27,29-32,35,37,51-52H,6-7,9,11-13,15,17-19,21,24,28,33-34,36,38-50H2,1-5H3/b10-8+,16-14+,22-20+,25-23+,27-26+,31-30+,32-29+,37-35+. The topological polar surface area (TPSA) is 102 Å². The Morgan fingerprint density at radius 1 is 0.508 bits per heavy atom. The van der Waals surface area contributed by atoms with E-state index in [1.165, 1.54) is 44.9 Å². The number of esters is 2. The van der Waals surface area contributed by atoms with Gasteiger partial charge in [-0.2, -0.15) is 0 Å². The van der Waals surface area contributed by atoms with Gasteiger partial charge in [-0.3, -0.25) is 9.59 Å². The lowest BCUT2D eigenvalue weighted by molar-refractivity contribution is -0.889. The molecular formula is C55H91NO7. The van der Waals surface area contributed by atoms with Crippen LogP contribution in [0, 0.1) is 0 Å². The monoisotopic (exact) mass is 878 g/mol. The second-order valence-electron chi connectivity index (χ2n) is 17.3. The summed E-state index contributed by atoms with van der Waals surface area (Å²) in [5.74, 6) is -1.82. The first-order valence-electron chi connectivity index (χ1n) is 24.8. The second kappa shape index (κ2) is 44.8. The largest absolute Gasteiger partial charge is 0.544 e. The van der Waals surface area contributed by atoms with Crippen LogP contribution in [0.25, 0.3) is 0 Å². The number of rotatable bonds is 43. The summed E-state index contributed by atoms with van der Waals surface area (Å²) in [6.45, 7) is 4.47. The van der Waals surface area contributed by atoms with Crippen molar-refractivity contribution in [2.24, 2.45) is 0 Å². The van der Waals surface area contributed by atoms with Gasteiger partial charge in [0.25, 0.3) is 0 Å². The molecule has 0 amide bonds. The lowest BCUT2D eigenvalue weighted by Crippen LogP contribution is -2.55. The predicted molar refractivity (Wildman–Crippen MR) is 263 cm³/mol. The Balaban J connectivity index is 4.41. The molecule has 0 spiro atoms. The molecule has 0 heterocycles. The van der Waals surface area contributed by atoms with E-state index >= 15 is 0 Å². The van der Waals surface area contributed by atoms with Gasteiger partial charge in [0.15, 0.2) is 6.10 Å². The SMILES string of the molecule is CC/C=C/C/C=C/C/C=C/C/C=C/C/C=C/C/C=C/CCCCC(=O)OCC(COCCC(C(=O)[O-])[N+](C)(C)C)OC(=O)CCCCCCC/C=C/C=C/CCCCCCCCC. The first-order chi connectivity index (χ1) is 30.6. The Morgan fingerprint density at radius 2 is 0.937 bits per heavy atom. The summed E-state index contributed by atoms with van der Waals surface area (Å²) >= 11 is 0. The van der Waals surface area contributed by atoms with E-state index < -0.39 is 18.1 Å². The Kier molecular flexibility index (Phi) is 42.2. The zero-order valence-corrected chi connectivity index (χ0v) is 40.7. The molecule has 0 rings (SSSR count). The van der Waals surface area contributed by atoms with Crippen molar-refractivity contribution in [2.45, 2.75) is 193 Å². The number of allylic oxidation sites excluding steroid dienone is 16. The summed E-state index contributed by atoms with van der Waals surface area (Å²) in [4.78, 5) is 37.0. The highest BCUT2D eigenvalue weighted by molar-refractivity contribution is 5.70. The zero-order valence-electron chi connectivity index (χ0n) is 40.7. The average Bonchev–Trinajstić information content (AvgIpc) is 3.24. The van der Waals surface area contributed by atoms with Gasteiger partial charge in [0, 0.05) is 19.3 Å². The van der Waals surface area contributed by atoms with Gasteiger partial charge in [-0.25, -0.2) is 0 Å². The van der Waals surface area contributed by atoms with Crippen molar-refractivity contribution in [1.29, 1.82) is 0 Å². The number of hydrogen-bond donors (Lipinski definition) is 0. The molecule has 358 valence electrons. The second-order valence-corrected chi connectivity index (χ2v) is 17.3. The number of carboxylic acid groups (broad SMARTS) is 1. The van der Waals surface area contributed by atoms with Crippen molar-refractivity contribution in [1.82, 2.24) is 0 Å². The van der Waals surface area contributed by atoms with Gasteiger partial charge in [0.1, 0.15) is 12.6 Å². The van der Waals surface area contributed by atoms with Crippen LogP contribution in [0.2, 0.25) is 0 Å². The minimum Gasteiger partial charge on any atom is -0.544 e. The van der Waals surface area contributed by atoms with Crippen LogP contribution in [0.1, 0.15) is 181 Å². The maximum Gasteiger partial charge on any atom is 0.306 e. The van der Waals surface area contributed by atoms with Gasteiger partial charge in [-0.05, 0) is 89.9 Å². The molecule has 0 saturated heterocycles. The fourth-order valence-corrected chi connectivity index (χ4v) is 6.65. The third kappa shape index (κ3) is 43.3. The molecule has 0 aromatic carbocycles. The van der Waals surface area contributed by atoms with Crippen LogP contribution in [0.3, 0.4) is 0 Å². The zero-order chi connectivity index (χ0) is 46.3. The van der Waals surface area contributed by atoms with E-state index in [1.54, 1.807) is 21.1 Å². The molecule has 0 saturated carbocycles. The van der Waals surface area contributed by atoms with Crippen LogP contribution >= 0.6 is 0 Å². The Hall–Kier alpha value is -3.75. The average molecular weight is 878 g/mol. The number of ether oxygens (including phenoxy) is 3. The predicted octanol–water partition coefficient (Wildman–Crippen LogP) is 12.9. The molecule has 2 unspecified atom stereocenters. The molecule has 0 N–H and O–H groups in total. The minimum absolute atomic E-state index is 0.0143. The first-order valence-corrected chi connectivity index (χ1v) is 24.8. The number of unbranched alkanes of at least 4 members (excludes halogenated alkanes) is 14. The van der Waals surface area contributed by atoms with Gasteiger partial charge in [0.05, 0.1) is 40.3 Å². The number of carboxylic acids is 1. The number of nitrogens with zero attached hydrogens (tertiary/aromatic N) is 1. The smallest absolute Gasteiger partial charge is 0.306 e. The minimum atomic E-state index is -1.14. The van der Waals surface area contributed by atoms with Crippen LogP contribution in [0.5, 0.6) is 0 Å². The van der Waals surface area contributed by atoms with Crippen LogP contribution in [0.15, 0.2) is 97.2 Å². The molecule has 0 aliphatic carbocycles. The van der Waals surface area contributed by atoms with Gasteiger partial charge in [-0.15, -0.1) is 0 Å². The summed E-state index contributed by atoms with van der Waals surface area (Å²) in [6.07, 6.45) is 60.1. The maximum absolute atomic E-state index is 12.8. The lowest BCUT2D eigenvalue weighted by Gasteiger charge is -2.34. The first kappa shape index (κ1) is 59.2. The third-order valence-electron chi connectivity index (χ3n) is 10.5. The molecule has 0 radical (unpaired) electrons. The molecule has 2 atom stereocenters. The fraction of sp³-hybridized carbons (Fsp3) is 0.655. The molecule has 63 heavy (non-hydrogen) atoms. The Bertz CT molecular complexity index is 1350. The third-order valence-corrected chi connectivity index (χ3v) is 10.5. The van der Waals surface area contributed by atoms with E-state index in [9.17, 15) is 19.5 Å². The van der Waals surface area contributed by atoms with Crippen molar-refractivity contribution in [3.05, 3.63) is 97.2 Å². The van der Waals surface area contributed by atoms with Gasteiger partial charge >= 0.3 is 11.9 Å². The van der Waals surface area contributed by atoms with Crippen molar-refractivity contribution in [3.63, 3.8) is 0 Å². The molecule has 0 aliphatic heterocycles. The Morgan fingerprint density at radius 3 is 1.44 bits per heavy atom. The summed E-state index contributed by atoms with van der Waals surface area (Å²) in [7, 11) is 5.38. The van der Waals surface area contributed by atoms with Crippen LogP contribution < -0.4 is 5.11 Å². The molecule has 0 aliphatic rings. The quantitative estimate of drug-likeness (QED) is 0.0198. The highest BCUT2D eigenvalue weighted by atomic mass is 16.6. The summed E-state index contributed by atoms with van der Waals surface area (Å²) < 4.78 is 17.2. The molecule has 0 fully saturated rings. The maximum atomic E-state index is 12.8. The molecule has 8 heteroatoms. The van der Waals surface area contributed by atoms with Crippen molar-refractivity contribution >= 4 is 17.9 Å². The molecular weight excluding hydrogens is 787 g/mol. The van der Waals surface area contributed by atoms with E-state index in [0.29, 0.717) is 6.42 Å². The van der Waals surface area contributed by atoms with E-state index in [4.69, 9.17) is 14.2 Å². The van der Waals surface area contributed by atoms with Crippen molar-refractivity contribution < 1.29 is 38.2 Å². The lowest BCUT2D eigenvalue weighted by atomic mass is 10.1. The number of aliphatic carboxylic acids is 1.